The summed E-state index contributed by atoms with van der Waals surface area (Å²) in [5, 5.41) is 0. The Balaban J connectivity index is 2.25. The molecule has 0 saturated carbocycles. The number of hydrogen-bond donors (Lipinski definition) is 3. The van der Waals surface area contributed by atoms with Crippen LogP contribution in [0.4, 0.5) is 5.82 Å². The average molecular weight is 219 g/mol. The van der Waals surface area contributed by atoms with Crippen molar-refractivity contribution in [3.05, 3.63) is 18.0 Å². The van der Waals surface area contributed by atoms with Crippen molar-refractivity contribution in [2.24, 2.45) is 11.7 Å². The predicted octanol–water partition coefficient (Wildman–Crippen LogP) is 1.07. The summed E-state index contributed by atoms with van der Waals surface area (Å²) >= 11 is 0. The van der Waals surface area contributed by atoms with Gasteiger partial charge >= 0.3 is 0 Å². The van der Waals surface area contributed by atoms with Gasteiger partial charge in [-0.15, -0.1) is 0 Å². The van der Waals surface area contributed by atoms with E-state index in [1.54, 1.807) is 6.07 Å². The van der Waals surface area contributed by atoms with Crippen LogP contribution in [0.3, 0.4) is 0 Å². The molecular formula is C11H17N5. The van der Waals surface area contributed by atoms with Crippen LogP contribution in [0.25, 0.3) is 11.2 Å². The first-order valence-electron chi connectivity index (χ1n) is 5.54. The highest BCUT2D eigenvalue weighted by molar-refractivity contribution is 5.72. The maximum Gasteiger partial charge on any atom is 0.179 e. The zero-order valence-electron chi connectivity index (χ0n) is 9.40. The molecule has 2 heterocycles. The number of hydrogen-bond acceptors (Lipinski definition) is 4. The maximum atomic E-state index is 5.67. The Labute approximate surface area is 94.3 Å². The Morgan fingerprint density at radius 2 is 2.19 bits per heavy atom. The van der Waals surface area contributed by atoms with Crippen LogP contribution in [0.5, 0.6) is 0 Å². The molecule has 2 aromatic heterocycles. The minimum Gasteiger partial charge on any atom is -0.384 e. The number of nitrogens with zero attached hydrogens (tertiary/aromatic N) is 2. The summed E-state index contributed by atoms with van der Waals surface area (Å²) in [4.78, 5) is 11.8. The summed E-state index contributed by atoms with van der Waals surface area (Å²) in [5.41, 5.74) is 12.9. The van der Waals surface area contributed by atoms with E-state index in [0.29, 0.717) is 23.9 Å². The Morgan fingerprint density at radius 1 is 1.38 bits per heavy atom. The van der Waals surface area contributed by atoms with Crippen molar-refractivity contribution in [1.82, 2.24) is 15.0 Å². The zero-order chi connectivity index (χ0) is 11.5. The second-order valence-corrected chi connectivity index (χ2v) is 4.00. The molecule has 86 valence electrons. The lowest BCUT2D eigenvalue weighted by Gasteiger charge is -2.08. The Bertz CT molecular complexity index is 472. The summed E-state index contributed by atoms with van der Waals surface area (Å²) in [6.07, 6.45) is 1.92. The number of rotatable bonds is 4. The van der Waals surface area contributed by atoms with Crippen LogP contribution in [0, 0.1) is 5.92 Å². The van der Waals surface area contributed by atoms with Crippen LogP contribution in [0.1, 0.15) is 19.2 Å². The van der Waals surface area contributed by atoms with E-state index < -0.39 is 0 Å². The molecule has 0 aliphatic rings. The quantitative estimate of drug-likeness (QED) is 0.717. The van der Waals surface area contributed by atoms with Gasteiger partial charge in [0, 0.05) is 6.42 Å². The summed E-state index contributed by atoms with van der Waals surface area (Å²) in [5.74, 6) is 1.90. The number of nitrogens with two attached hydrogens (primary N) is 2. The van der Waals surface area contributed by atoms with Crippen LogP contribution in [0.15, 0.2) is 12.1 Å². The number of anilines is 1. The Kier molecular flexibility index (Phi) is 3.05. The first-order chi connectivity index (χ1) is 7.72. The van der Waals surface area contributed by atoms with Gasteiger partial charge in [-0.3, -0.25) is 0 Å². The molecule has 16 heavy (non-hydrogen) atoms. The van der Waals surface area contributed by atoms with E-state index >= 15 is 0 Å². The number of imidazole rings is 1. The third-order valence-corrected chi connectivity index (χ3v) is 2.81. The number of nitrogen functional groups attached to an aromatic ring is 1. The first-order valence-corrected chi connectivity index (χ1v) is 5.54. The SMILES string of the molecule is CCC(CN)Cc1nc2nc(N)ccc2[nH]1. The van der Waals surface area contributed by atoms with Crippen molar-refractivity contribution in [3.8, 4) is 0 Å². The maximum absolute atomic E-state index is 5.67. The molecule has 0 aliphatic carbocycles. The van der Waals surface area contributed by atoms with Gasteiger partial charge in [-0.25, -0.2) is 9.97 Å². The van der Waals surface area contributed by atoms with E-state index in [1.807, 2.05) is 6.07 Å². The minimum atomic E-state index is 0.470. The molecule has 0 aliphatic heterocycles. The summed E-state index contributed by atoms with van der Waals surface area (Å²) in [6, 6.07) is 3.67. The zero-order valence-corrected chi connectivity index (χ0v) is 9.40. The van der Waals surface area contributed by atoms with Gasteiger partial charge in [0.1, 0.15) is 11.6 Å². The van der Waals surface area contributed by atoms with Gasteiger partial charge in [0.25, 0.3) is 0 Å². The number of aromatic nitrogens is 3. The Hall–Kier alpha value is -1.62. The first kappa shape index (κ1) is 10.9. The van der Waals surface area contributed by atoms with E-state index in [1.165, 1.54) is 0 Å². The fraction of sp³-hybridized carbons (Fsp3) is 0.455. The fourth-order valence-corrected chi connectivity index (χ4v) is 1.72. The molecule has 5 N–H and O–H groups in total. The largest absolute Gasteiger partial charge is 0.384 e. The van der Waals surface area contributed by atoms with Crippen LogP contribution >= 0.6 is 0 Å². The van der Waals surface area contributed by atoms with Gasteiger partial charge in [-0.2, -0.15) is 0 Å². The number of aromatic amines is 1. The monoisotopic (exact) mass is 219 g/mol. The molecule has 1 unspecified atom stereocenters. The third kappa shape index (κ3) is 2.14. The molecule has 0 bridgehead atoms. The molecule has 0 saturated heterocycles. The van der Waals surface area contributed by atoms with Gasteiger partial charge < -0.3 is 16.5 Å². The molecule has 5 nitrogen and oxygen atoms in total. The topological polar surface area (TPSA) is 93.6 Å². The molecule has 0 fully saturated rings. The van der Waals surface area contributed by atoms with Crippen LogP contribution in [-0.2, 0) is 6.42 Å². The van der Waals surface area contributed by atoms with Gasteiger partial charge in [0.05, 0.1) is 5.52 Å². The van der Waals surface area contributed by atoms with Crippen molar-refractivity contribution >= 4 is 17.0 Å². The highest BCUT2D eigenvalue weighted by atomic mass is 15.0. The second kappa shape index (κ2) is 4.49. The van der Waals surface area contributed by atoms with Crippen LogP contribution < -0.4 is 11.5 Å². The lowest BCUT2D eigenvalue weighted by molar-refractivity contribution is 0.508. The number of H-pyrrole nitrogens is 1. The third-order valence-electron chi connectivity index (χ3n) is 2.81. The molecule has 2 rings (SSSR count). The second-order valence-electron chi connectivity index (χ2n) is 4.00. The number of nitrogens with one attached hydrogen (secondary N) is 1. The highest BCUT2D eigenvalue weighted by Crippen LogP contribution is 2.14. The standard InChI is InChI=1S/C11H17N5/c1-2-7(6-12)5-10-14-8-3-4-9(13)15-11(8)16-10/h3-4,7H,2,5-6,12H2,1H3,(H3,13,14,15,16). The lowest BCUT2D eigenvalue weighted by atomic mass is 10.0. The molecule has 0 aromatic carbocycles. The Morgan fingerprint density at radius 3 is 2.88 bits per heavy atom. The fourth-order valence-electron chi connectivity index (χ4n) is 1.72. The normalized spacial score (nSPS) is 13.1. The molecular weight excluding hydrogens is 202 g/mol. The van der Waals surface area contributed by atoms with E-state index in [4.69, 9.17) is 11.5 Å². The number of pyridine rings is 1. The van der Waals surface area contributed by atoms with Crippen molar-refractivity contribution in [2.45, 2.75) is 19.8 Å². The minimum absolute atomic E-state index is 0.470. The average Bonchev–Trinajstić information content (AvgIpc) is 2.67. The van der Waals surface area contributed by atoms with E-state index in [-0.39, 0.29) is 0 Å². The molecule has 2 aromatic rings. The van der Waals surface area contributed by atoms with Crippen molar-refractivity contribution in [1.29, 1.82) is 0 Å². The molecule has 1 atom stereocenters. The van der Waals surface area contributed by atoms with Gasteiger partial charge in [-0.05, 0) is 24.6 Å². The summed E-state index contributed by atoms with van der Waals surface area (Å²) in [6.45, 7) is 2.82. The van der Waals surface area contributed by atoms with E-state index in [2.05, 4.69) is 21.9 Å². The van der Waals surface area contributed by atoms with E-state index in [0.717, 1.165) is 24.2 Å². The highest BCUT2D eigenvalue weighted by Gasteiger charge is 2.09. The van der Waals surface area contributed by atoms with Gasteiger partial charge in [0.15, 0.2) is 5.65 Å². The van der Waals surface area contributed by atoms with Crippen molar-refractivity contribution in [2.75, 3.05) is 12.3 Å². The smallest absolute Gasteiger partial charge is 0.179 e. The van der Waals surface area contributed by atoms with E-state index in [9.17, 15) is 0 Å². The molecule has 0 spiro atoms. The summed E-state index contributed by atoms with van der Waals surface area (Å²) < 4.78 is 0. The summed E-state index contributed by atoms with van der Waals surface area (Å²) in [7, 11) is 0. The van der Waals surface area contributed by atoms with Crippen LogP contribution in [-0.4, -0.2) is 21.5 Å². The van der Waals surface area contributed by atoms with Crippen molar-refractivity contribution in [3.63, 3.8) is 0 Å². The molecule has 0 amide bonds. The van der Waals surface area contributed by atoms with Crippen LogP contribution in [0.2, 0.25) is 0 Å². The van der Waals surface area contributed by atoms with Crippen molar-refractivity contribution < 1.29 is 0 Å². The lowest BCUT2D eigenvalue weighted by Crippen LogP contribution is -2.16. The molecule has 0 radical (unpaired) electrons. The number of fused-ring (bicyclic) bond motifs is 1. The van der Waals surface area contributed by atoms with Gasteiger partial charge in [0.2, 0.25) is 0 Å². The predicted molar refractivity (Wildman–Crippen MR) is 64.8 cm³/mol. The molecule has 5 heteroatoms. The van der Waals surface area contributed by atoms with Gasteiger partial charge in [-0.1, -0.05) is 13.3 Å².